The molecule has 0 unspecified atom stereocenters. The number of benzene rings is 1. The van der Waals surface area contributed by atoms with Crippen molar-refractivity contribution in [3.05, 3.63) is 23.0 Å². The smallest absolute Gasteiger partial charge is 0.197 e. The van der Waals surface area contributed by atoms with Gasteiger partial charge in [-0.05, 0) is 25.5 Å². The second-order valence-corrected chi connectivity index (χ2v) is 2.99. The van der Waals surface area contributed by atoms with Crippen molar-refractivity contribution < 1.29 is 19.0 Å². The number of aromatic hydroxyl groups is 1. The van der Waals surface area contributed by atoms with E-state index in [1.807, 2.05) is 0 Å². The lowest BCUT2D eigenvalue weighted by Gasteiger charge is -2.09. The van der Waals surface area contributed by atoms with Gasteiger partial charge in [0.2, 0.25) is 0 Å². The fourth-order valence-corrected chi connectivity index (χ4v) is 1.20. The van der Waals surface area contributed by atoms with Gasteiger partial charge in [0.25, 0.3) is 0 Å². The van der Waals surface area contributed by atoms with Gasteiger partial charge in [-0.3, -0.25) is 4.79 Å². The Morgan fingerprint density at radius 1 is 1.57 bits per heavy atom. The Morgan fingerprint density at radius 3 is 2.57 bits per heavy atom. The van der Waals surface area contributed by atoms with Crippen molar-refractivity contribution in [1.29, 1.82) is 0 Å². The number of methoxy groups -OCH3 is 1. The SMILES string of the molecule is COc1c(O)c(C)cc(C(C)=O)c1F. The summed E-state index contributed by atoms with van der Waals surface area (Å²) in [5, 5.41) is 9.41. The topological polar surface area (TPSA) is 46.5 Å². The number of hydrogen-bond donors (Lipinski definition) is 1. The summed E-state index contributed by atoms with van der Waals surface area (Å²) in [5.41, 5.74) is 0.339. The molecule has 0 saturated heterocycles. The molecule has 0 aromatic heterocycles. The molecule has 0 bridgehead atoms. The molecule has 1 rings (SSSR count). The van der Waals surface area contributed by atoms with E-state index >= 15 is 0 Å². The summed E-state index contributed by atoms with van der Waals surface area (Å²) in [6.45, 7) is 2.83. The van der Waals surface area contributed by atoms with E-state index in [0.717, 1.165) is 0 Å². The van der Waals surface area contributed by atoms with Crippen molar-refractivity contribution in [2.75, 3.05) is 7.11 Å². The van der Waals surface area contributed by atoms with Crippen molar-refractivity contribution in [3.63, 3.8) is 0 Å². The summed E-state index contributed by atoms with van der Waals surface area (Å²) in [4.78, 5) is 11.0. The summed E-state index contributed by atoms with van der Waals surface area (Å²) in [5.74, 6) is -1.77. The highest BCUT2D eigenvalue weighted by molar-refractivity contribution is 5.95. The first-order valence-corrected chi connectivity index (χ1v) is 4.06. The van der Waals surface area contributed by atoms with Crippen LogP contribution in [0.25, 0.3) is 0 Å². The fourth-order valence-electron chi connectivity index (χ4n) is 1.20. The van der Waals surface area contributed by atoms with Crippen molar-refractivity contribution >= 4 is 5.78 Å². The van der Waals surface area contributed by atoms with Crippen LogP contribution in [0.5, 0.6) is 11.5 Å². The summed E-state index contributed by atoms with van der Waals surface area (Å²) in [7, 11) is 1.24. The molecule has 4 heteroatoms. The zero-order valence-electron chi connectivity index (χ0n) is 8.22. The lowest BCUT2D eigenvalue weighted by atomic mass is 10.1. The van der Waals surface area contributed by atoms with Crippen LogP contribution < -0.4 is 4.74 Å². The Labute approximate surface area is 81.1 Å². The van der Waals surface area contributed by atoms with Gasteiger partial charge in [0.15, 0.2) is 23.1 Å². The van der Waals surface area contributed by atoms with Crippen LogP contribution >= 0.6 is 0 Å². The number of rotatable bonds is 2. The molecule has 0 aliphatic carbocycles. The first kappa shape index (κ1) is 10.5. The quantitative estimate of drug-likeness (QED) is 0.740. The second kappa shape index (κ2) is 3.65. The van der Waals surface area contributed by atoms with E-state index in [1.54, 1.807) is 6.92 Å². The molecule has 3 nitrogen and oxygen atoms in total. The number of hydrogen-bond acceptors (Lipinski definition) is 3. The van der Waals surface area contributed by atoms with Gasteiger partial charge in [-0.25, -0.2) is 4.39 Å². The van der Waals surface area contributed by atoms with Gasteiger partial charge >= 0.3 is 0 Å². The molecule has 0 heterocycles. The number of Topliss-reactive ketones (excluding diaryl/α,β-unsaturated/α-hetero) is 1. The van der Waals surface area contributed by atoms with E-state index in [0.29, 0.717) is 5.56 Å². The molecule has 0 aliphatic heterocycles. The predicted molar refractivity (Wildman–Crippen MR) is 49.4 cm³/mol. The van der Waals surface area contributed by atoms with E-state index in [1.165, 1.54) is 20.1 Å². The van der Waals surface area contributed by atoms with Crippen LogP contribution in [0.2, 0.25) is 0 Å². The Morgan fingerprint density at radius 2 is 2.14 bits per heavy atom. The van der Waals surface area contributed by atoms with Crippen LogP contribution in [0.1, 0.15) is 22.8 Å². The summed E-state index contributed by atoms with van der Waals surface area (Å²) < 4.78 is 18.1. The van der Waals surface area contributed by atoms with E-state index in [2.05, 4.69) is 4.74 Å². The third-order valence-corrected chi connectivity index (χ3v) is 1.97. The minimum atomic E-state index is -0.817. The zero-order valence-corrected chi connectivity index (χ0v) is 8.22. The summed E-state index contributed by atoms with van der Waals surface area (Å²) >= 11 is 0. The van der Waals surface area contributed by atoms with E-state index < -0.39 is 11.6 Å². The summed E-state index contributed by atoms with van der Waals surface area (Å²) in [6.07, 6.45) is 0. The van der Waals surface area contributed by atoms with Gasteiger partial charge in [-0.1, -0.05) is 0 Å². The highest BCUT2D eigenvalue weighted by Gasteiger charge is 2.18. The second-order valence-electron chi connectivity index (χ2n) is 2.99. The number of halogens is 1. The lowest BCUT2D eigenvalue weighted by Crippen LogP contribution is -2.01. The van der Waals surface area contributed by atoms with Crippen molar-refractivity contribution in [1.82, 2.24) is 0 Å². The van der Waals surface area contributed by atoms with Crippen molar-refractivity contribution in [2.45, 2.75) is 13.8 Å². The standard InChI is InChI=1S/C10H11FO3/c1-5-4-7(6(2)12)8(11)10(14-3)9(5)13/h4,13H,1-3H3. The third kappa shape index (κ3) is 1.55. The molecule has 76 valence electrons. The number of aryl methyl sites for hydroxylation is 1. The molecule has 1 N–H and O–H groups in total. The molecular weight excluding hydrogens is 187 g/mol. The highest BCUT2D eigenvalue weighted by atomic mass is 19.1. The maximum atomic E-state index is 13.5. The Bertz CT molecular complexity index is 385. The summed E-state index contributed by atoms with van der Waals surface area (Å²) in [6, 6.07) is 1.30. The molecule has 14 heavy (non-hydrogen) atoms. The van der Waals surface area contributed by atoms with Gasteiger partial charge in [0, 0.05) is 0 Å². The average molecular weight is 198 g/mol. The van der Waals surface area contributed by atoms with Crippen LogP contribution in [-0.2, 0) is 0 Å². The fraction of sp³-hybridized carbons (Fsp3) is 0.300. The van der Waals surface area contributed by atoms with Gasteiger partial charge in [-0.15, -0.1) is 0 Å². The van der Waals surface area contributed by atoms with Crippen LogP contribution in [0, 0.1) is 12.7 Å². The Balaban J connectivity index is 3.50. The number of phenolic OH excluding ortho intramolecular Hbond substituents is 1. The Hall–Kier alpha value is -1.58. The van der Waals surface area contributed by atoms with Crippen LogP contribution in [-0.4, -0.2) is 18.0 Å². The van der Waals surface area contributed by atoms with Crippen molar-refractivity contribution in [2.24, 2.45) is 0 Å². The van der Waals surface area contributed by atoms with Gasteiger partial charge in [0.1, 0.15) is 0 Å². The molecule has 0 radical (unpaired) electrons. The molecular formula is C10H11FO3. The molecule has 0 saturated carbocycles. The maximum Gasteiger partial charge on any atom is 0.197 e. The van der Waals surface area contributed by atoms with E-state index in [9.17, 15) is 14.3 Å². The minimum absolute atomic E-state index is 0.0721. The molecule has 0 aliphatic rings. The average Bonchev–Trinajstić information content (AvgIpc) is 2.12. The first-order chi connectivity index (χ1) is 6.49. The molecule has 0 amide bonds. The van der Waals surface area contributed by atoms with Gasteiger partial charge in [0.05, 0.1) is 12.7 Å². The van der Waals surface area contributed by atoms with E-state index in [-0.39, 0.29) is 17.1 Å². The molecule has 0 spiro atoms. The maximum absolute atomic E-state index is 13.5. The number of carbonyl (C=O) groups is 1. The predicted octanol–water partition coefficient (Wildman–Crippen LogP) is 2.05. The number of ketones is 1. The molecule has 1 aromatic rings. The molecule has 0 fully saturated rings. The van der Waals surface area contributed by atoms with E-state index in [4.69, 9.17) is 0 Å². The van der Waals surface area contributed by atoms with Crippen LogP contribution in [0.4, 0.5) is 4.39 Å². The van der Waals surface area contributed by atoms with Crippen LogP contribution in [0.3, 0.4) is 0 Å². The zero-order chi connectivity index (χ0) is 10.9. The number of ether oxygens (including phenoxy) is 1. The van der Waals surface area contributed by atoms with Crippen molar-refractivity contribution in [3.8, 4) is 11.5 Å². The number of phenols is 1. The highest BCUT2D eigenvalue weighted by Crippen LogP contribution is 2.34. The first-order valence-electron chi connectivity index (χ1n) is 4.06. The molecule has 0 atom stereocenters. The third-order valence-electron chi connectivity index (χ3n) is 1.97. The number of carbonyl (C=O) groups excluding carboxylic acids is 1. The van der Waals surface area contributed by atoms with Gasteiger partial charge < -0.3 is 9.84 Å². The monoisotopic (exact) mass is 198 g/mol. The normalized spacial score (nSPS) is 10.0. The Kier molecular flexibility index (Phi) is 2.74. The van der Waals surface area contributed by atoms with Crippen LogP contribution in [0.15, 0.2) is 6.07 Å². The largest absolute Gasteiger partial charge is 0.504 e. The minimum Gasteiger partial charge on any atom is -0.504 e. The lowest BCUT2D eigenvalue weighted by molar-refractivity contribution is 0.101. The molecule has 1 aromatic carbocycles. The van der Waals surface area contributed by atoms with Gasteiger partial charge in [-0.2, -0.15) is 0 Å².